The van der Waals surface area contributed by atoms with Crippen LogP contribution in [0.3, 0.4) is 0 Å². The molecule has 2 aromatic carbocycles. The van der Waals surface area contributed by atoms with E-state index in [0.717, 1.165) is 37.8 Å². The van der Waals surface area contributed by atoms with Crippen molar-refractivity contribution in [1.29, 1.82) is 0 Å². The molecular weight excluding hydrogens is 318 g/mol. The van der Waals surface area contributed by atoms with Crippen molar-refractivity contribution in [2.24, 2.45) is 5.41 Å². The van der Waals surface area contributed by atoms with Crippen LogP contribution in [0.25, 0.3) is 0 Å². The standard InChI is InChI=1S/C24H27NO/c1-16-7-6-10-19-20-11-12-24(26)15-23(20,13-17(24)2)22(21(16)19)25-14-18-8-4-3-5-9-18/h3-10,20,22,25-26H,2,11-15H2,1H3. The monoisotopic (exact) mass is 345 g/mol. The number of hydrogen-bond acceptors (Lipinski definition) is 2. The van der Waals surface area contributed by atoms with Gasteiger partial charge < -0.3 is 10.4 Å². The number of hydrogen-bond donors (Lipinski definition) is 2. The fourth-order valence-electron chi connectivity index (χ4n) is 6.16. The zero-order chi connectivity index (χ0) is 17.9. The van der Waals surface area contributed by atoms with Crippen molar-refractivity contribution >= 4 is 0 Å². The average Bonchev–Trinajstić information content (AvgIpc) is 3.01. The number of aliphatic hydroxyl groups is 1. The summed E-state index contributed by atoms with van der Waals surface area (Å²) in [5.41, 5.74) is 6.15. The fraction of sp³-hybridized carbons (Fsp3) is 0.417. The molecule has 2 nitrogen and oxygen atoms in total. The van der Waals surface area contributed by atoms with Crippen LogP contribution in [0, 0.1) is 12.3 Å². The highest BCUT2D eigenvalue weighted by Crippen LogP contribution is 2.70. The summed E-state index contributed by atoms with van der Waals surface area (Å²) in [6.45, 7) is 7.38. The summed E-state index contributed by atoms with van der Waals surface area (Å²) in [5.74, 6) is 0.533. The SMILES string of the molecule is C=C1CC23CC1(O)CCC2c1cccc(C)c1C3NCc1ccccc1. The van der Waals surface area contributed by atoms with Crippen molar-refractivity contribution in [3.63, 3.8) is 0 Å². The molecule has 2 N–H and O–H groups in total. The van der Waals surface area contributed by atoms with Gasteiger partial charge in [0.25, 0.3) is 0 Å². The van der Waals surface area contributed by atoms with Gasteiger partial charge in [0.1, 0.15) is 0 Å². The van der Waals surface area contributed by atoms with E-state index < -0.39 is 5.60 Å². The van der Waals surface area contributed by atoms with Crippen LogP contribution in [-0.2, 0) is 6.54 Å². The van der Waals surface area contributed by atoms with Crippen LogP contribution in [0.1, 0.15) is 59.9 Å². The summed E-state index contributed by atoms with van der Waals surface area (Å²) < 4.78 is 0. The Bertz CT molecular complexity index is 873. The predicted molar refractivity (Wildman–Crippen MR) is 105 cm³/mol. The van der Waals surface area contributed by atoms with Gasteiger partial charge in [-0.2, -0.15) is 0 Å². The largest absolute Gasteiger partial charge is 0.386 e. The van der Waals surface area contributed by atoms with Gasteiger partial charge in [0.2, 0.25) is 0 Å². The van der Waals surface area contributed by atoms with Crippen molar-refractivity contribution in [2.75, 3.05) is 0 Å². The molecule has 2 heteroatoms. The van der Waals surface area contributed by atoms with Gasteiger partial charge in [0, 0.05) is 18.0 Å². The van der Waals surface area contributed by atoms with Gasteiger partial charge in [-0.3, -0.25) is 0 Å². The topological polar surface area (TPSA) is 32.3 Å². The first-order chi connectivity index (χ1) is 12.5. The molecule has 3 aliphatic rings. The Morgan fingerprint density at radius 3 is 2.77 bits per heavy atom. The molecule has 3 aliphatic carbocycles. The van der Waals surface area contributed by atoms with Gasteiger partial charge >= 0.3 is 0 Å². The lowest BCUT2D eigenvalue weighted by atomic mass is 9.65. The maximum absolute atomic E-state index is 11.2. The van der Waals surface area contributed by atoms with Crippen LogP contribution in [0.5, 0.6) is 0 Å². The molecule has 5 rings (SSSR count). The zero-order valence-corrected chi connectivity index (χ0v) is 15.5. The minimum absolute atomic E-state index is 0.0767. The maximum Gasteiger partial charge on any atom is 0.0860 e. The summed E-state index contributed by atoms with van der Waals surface area (Å²) in [5, 5.41) is 15.1. The van der Waals surface area contributed by atoms with E-state index >= 15 is 0 Å². The molecule has 4 atom stereocenters. The lowest BCUT2D eigenvalue weighted by Crippen LogP contribution is -2.41. The van der Waals surface area contributed by atoms with Crippen LogP contribution in [0.15, 0.2) is 60.7 Å². The fourth-order valence-corrected chi connectivity index (χ4v) is 6.16. The Hall–Kier alpha value is -1.90. The Kier molecular flexibility index (Phi) is 3.47. The number of benzene rings is 2. The Morgan fingerprint density at radius 2 is 1.96 bits per heavy atom. The smallest absolute Gasteiger partial charge is 0.0860 e. The van der Waals surface area contributed by atoms with E-state index in [0.29, 0.717) is 5.92 Å². The van der Waals surface area contributed by atoms with Gasteiger partial charge in [-0.15, -0.1) is 0 Å². The summed E-state index contributed by atoms with van der Waals surface area (Å²) >= 11 is 0. The van der Waals surface area contributed by atoms with E-state index in [1.807, 2.05) is 0 Å². The molecule has 26 heavy (non-hydrogen) atoms. The third-order valence-corrected chi connectivity index (χ3v) is 7.31. The number of rotatable bonds is 3. The molecule has 2 fully saturated rings. The highest BCUT2D eigenvalue weighted by molar-refractivity contribution is 5.51. The second kappa shape index (κ2) is 5.55. The second-order valence-electron chi connectivity index (χ2n) is 8.69. The maximum atomic E-state index is 11.2. The third-order valence-electron chi connectivity index (χ3n) is 7.31. The Balaban J connectivity index is 1.58. The normalized spacial score (nSPS) is 34.6. The van der Waals surface area contributed by atoms with E-state index in [-0.39, 0.29) is 11.5 Å². The van der Waals surface area contributed by atoms with Crippen LogP contribution >= 0.6 is 0 Å². The van der Waals surface area contributed by atoms with Crippen molar-refractivity contribution < 1.29 is 5.11 Å². The van der Waals surface area contributed by atoms with Gasteiger partial charge in [-0.1, -0.05) is 55.1 Å². The van der Waals surface area contributed by atoms with E-state index in [9.17, 15) is 5.11 Å². The lowest BCUT2D eigenvalue weighted by Gasteiger charge is -2.43. The van der Waals surface area contributed by atoms with Crippen molar-refractivity contribution in [2.45, 2.75) is 56.7 Å². The highest BCUT2D eigenvalue weighted by atomic mass is 16.3. The Labute approximate surface area is 156 Å². The Morgan fingerprint density at radius 1 is 1.15 bits per heavy atom. The van der Waals surface area contributed by atoms with Crippen LogP contribution in [-0.4, -0.2) is 10.7 Å². The van der Waals surface area contributed by atoms with Gasteiger partial charge in [-0.05, 0) is 66.4 Å². The van der Waals surface area contributed by atoms with Gasteiger partial charge in [-0.25, -0.2) is 0 Å². The number of aryl methyl sites for hydroxylation is 1. The van der Waals surface area contributed by atoms with E-state index in [2.05, 4.69) is 67.4 Å². The predicted octanol–water partition coefficient (Wildman–Crippen LogP) is 4.78. The molecule has 0 radical (unpaired) electrons. The molecule has 2 bridgehead atoms. The minimum Gasteiger partial charge on any atom is -0.386 e. The third kappa shape index (κ3) is 2.12. The molecule has 134 valence electrons. The highest BCUT2D eigenvalue weighted by Gasteiger charge is 2.64. The zero-order valence-electron chi connectivity index (χ0n) is 15.5. The molecule has 0 aromatic heterocycles. The summed E-state index contributed by atoms with van der Waals surface area (Å²) in [6, 6.07) is 17.7. The number of fused-ring (bicyclic) bond motifs is 3. The van der Waals surface area contributed by atoms with Crippen LogP contribution < -0.4 is 5.32 Å². The minimum atomic E-state index is -0.654. The first-order valence-electron chi connectivity index (χ1n) is 9.81. The van der Waals surface area contributed by atoms with Crippen LogP contribution in [0.2, 0.25) is 0 Å². The van der Waals surface area contributed by atoms with Crippen molar-refractivity contribution in [3.8, 4) is 0 Å². The lowest BCUT2D eigenvalue weighted by molar-refractivity contribution is 0.00167. The van der Waals surface area contributed by atoms with Crippen molar-refractivity contribution in [3.05, 3.63) is 82.9 Å². The molecule has 0 saturated heterocycles. The molecule has 2 aromatic rings. The van der Waals surface area contributed by atoms with E-state index in [4.69, 9.17) is 0 Å². The molecule has 4 unspecified atom stereocenters. The molecule has 2 saturated carbocycles. The van der Waals surface area contributed by atoms with E-state index in [1.165, 1.54) is 22.3 Å². The summed E-state index contributed by atoms with van der Waals surface area (Å²) in [7, 11) is 0. The quantitative estimate of drug-likeness (QED) is 0.784. The molecular formula is C24H27NO. The first kappa shape index (κ1) is 16.3. The second-order valence-corrected chi connectivity index (χ2v) is 8.69. The van der Waals surface area contributed by atoms with Crippen LogP contribution in [0.4, 0.5) is 0 Å². The van der Waals surface area contributed by atoms with Gasteiger partial charge in [0.05, 0.1) is 5.60 Å². The molecule has 0 amide bonds. The molecule has 0 aliphatic heterocycles. The number of nitrogens with one attached hydrogen (secondary N) is 1. The van der Waals surface area contributed by atoms with E-state index in [1.54, 1.807) is 0 Å². The summed E-state index contributed by atoms with van der Waals surface area (Å²) in [4.78, 5) is 0. The summed E-state index contributed by atoms with van der Waals surface area (Å²) in [6.07, 6.45) is 3.71. The average molecular weight is 345 g/mol. The van der Waals surface area contributed by atoms with Gasteiger partial charge in [0.15, 0.2) is 0 Å². The van der Waals surface area contributed by atoms with Crippen molar-refractivity contribution in [1.82, 2.24) is 5.32 Å². The molecule has 1 spiro atoms. The first-order valence-corrected chi connectivity index (χ1v) is 9.81. The molecule has 0 heterocycles.